The monoisotopic (exact) mass is 304 g/mol. The Morgan fingerprint density at radius 1 is 1.40 bits per heavy atom. The van der Waals surface area contributed by atoms with E-state index in [2.05, 4.69) is 15.9 Å². The summed E-state index contributed by atoms with van der Waals surface area (Å²) in [6, 6.07) is 1.79. The molecule has 2 unspecified atom stereocenters. The van der Waals surface area contributed by atoms with Gasteiger partial charge in [0.25, 0.3) is 0 Å². The number of carbonyl (C=O) groups excluding carboxylic acids is 1. The predicted octanol–water partition coefficient (Wildman–Crippen LogP) is 4.39. The summed E-state index contributed by atoms with van der Waals surface area (Å²) in [5.74, 6) is 2.30. The molecule has 2 saturated carbocycles. The van der Waals surface area contributed by atoms with E-state index in [9.17, 15) is 4.79 Å². The fourth-order valence-corrected chi connectivity index (χ4v) is 4.32. The Morgan fingerprint density at radius 3 is 2.60 bits per heavy atom. The predicted molar refractivity (Wildman–Crippen MR) is 65.7 cm³/mol. The van der Waals surface area contributed by atoms with E-state index in [1.54, 1.807) is 6.07 Å². The van der Waals surface area contributed by atoms with Crippen LogP contribution in [0.25, 0.3) is 0 Å². The van der Waals surface area contributed by atoms with Crippen LogP contribution in [0.5, 0.6) is 0 Å². The Bertz CT molecular complexity index is 399. The van der Waals surface area contributed by atoms with Crippen molar-refractivity contribution in [1.82, 2.24) is 0 Å². The van der Waals surface area contributed by atoms with Crippen LogP contribution >= 0.6 is 38.9 Å². The van der Waals surface area contributed by atoms with Crippen molar-refractivity contribution < 1.29 is 4.79 Å². The van der Waals surface area contributed by atoms with Crippen molar-refractivity contribution in [3.8, 4) is 0 Å². The number of hydrogen-bond acceptors (Lipinski definition) is 2. The number of fused-ring (bicyclic) bond motifs is 1. The Hall–Kier alpha value is 0.140. The van der Waals surface area contributed by atoms with Crippen molar-refractivity contribution in [3.63, 3.8) is 0 Å². The van der Waals surface area contributed by atoms with Crippen LogP contribution in [0.4, 0.5) is 0 Å². The highest BCUT2D eigenvalue weighted by Crippen LogP contribution is 2.55. The number of Topliss-reactive ketones (excluding diaryl/α,β-unsaturated/α-hetero) is 1. The zero-order chi connectivity index (χ0) is 10.6. The number of hydrogen-bond donors (Lipinski definition) is 0. The molecule has 1 nitrogen and oxygen atoms in total. The molecule has 0 radical (unpaired) electrons. The van der Waals surface area contributed by atoms with Gasteiger partial charge >= 0.3 is 0 Å². The molecule has 0 amide bonds. The molecule has 3 rings (SSSR count). The van der Waals surface area contributed by atoms with Crippen molar-refractivity contribution in [2.45, 2.75) is 19.3 Å². The standard InChI is InChI=1S/C11H10BrClOS/c12-11-8(13)4-9(15-11)10(14)7-2-5-1-6(5)3-7/h4-7H,1-3H2. The third kappa shape index (κ3) is 1.79. The van der Waals surface area contributed by atoms with E-state index < -0.39 is 0 Å². The van der Waals surface area contributed by atoms with Gasteiger partial charge < -0.3 is 0 Å². The summed E-state index contributed by atoms with van der Waals surface area (Å²) < 4.78 is 0.871. The Kier molecular flexibility index (Phi) is 2.45. The van der Waals surface area contributed by atoms with Gasteiger partial charge in [0.2, 0.25) is 0 Å². The number of thiophene rings is 1. The minimum absolute atomic E-state index is 0.273. The molecule has 1 heterocycles. The second kappa shape index (κ2) is 3.57. The molecule has 0 aromatic carbocycles. The van der Waals surface area contributed by atoms with Gasteiger partial charge in [-0.1, -0.05) is 11.6 Å². The van der Waals surface area contributed by atoms with Crippen LogP contribution in [0.15, 0.2) is 9.85 Å². The largest absolute Gasteiger partial charge is 0.293 e. The topological polar surface area (TPSA) is 17.1 Å². The first-order chi connectivity index (χ1) is 7.15. The normalized spacial score (nSPS) is 32.8. The van der Waals surface area contributed by atoms with Gasteiger partial charge in [-0.05, 0) is 53.1 Å². The molecule has 1 aromatic rings. The first kappa shape index (κ1) is 10.3. The molecule has 2 aliphatic rings. The maximum atomic E-state index is 12.1. The summed E-state index contributed by atoms with van der Waals surface area (Å²) in [7, 11) is 0. The highest BCUT2D eigenvalue weighted by Gasteiger charge is 2.48. The van der Waals surface area contributed by atoms with Crippen molar-refractivity contribution in [1.29, 1.82) is 0 Å². The highest BCUT2D eigenvalue weighted by molar-refractivity contribution is 9.11. The van der Waals surface area contributed by atoms with E-state index in [4.69, 9.17) is 11.6 Å². The third-order valence-corrected chi connectivity index (χ3v) is 5.99. The van der Waals surface area contributed by atoms with Crippen LogP contribution in [0, 0.1) is 17.8 Å². The van der Waals surface area contributed by atoms with Crippen molar-refractivity contribution in [2.24, 2.45) is 17.8 Å². The van der Waals surface area contributed by atoms with Gasteiger partial charge in [0.1, 0.15) is 0 Å². The summed E-state index contributed by atoms with van der Waals surface area (Å²) in [6.45, 7) is 0. The third-order valence-electron chi connectivity index (χ3n) is 3.50. The van der Waals surface area contributed by atoms with Crippen LogP contribution in [0.1, 0.15) is 28.9 Å². The molecule has 0 spiro atoms. The summed E-state index contributed by atoms with van der Waals surface area (Å²) in [5.41, 5.74) is 0. The minimum atomic E-state index is 0.273. The second-order valence-electron chi connectivity index (χ2n) is 4.52. The lowest BCUT2D eigenvalue weighted by Gasteiger charge is -2.07. The van der Waals surface area contributed by atoms with Crippen molar-refractivity contribution >= 4 is 44.7 Å². The Balaban J connectivity index is 1.79. The van der Waals surface area contributed by atoms with Gasteiger partial charge in [-0.3, -0.25) is 4.79 Å². The van der Waals surface area contributed by atoms with Crippen LogP contribution in [0.2, 0.25) is 5.02 Å². The second-order valence-corrected chi connectivity index (χ2v) is 7.30. The lowest BCUT2D eigenvalue weighted by molar-refractivity contribution is 0.0918. The van der Waals surface area contributed by atoms with Crippen molar-refractivity contribution in [2.75, 3.05) is 0 Å². The van der Waals surface area contributed by atoms with Gasteiger partial charge in [-0.15, -0.1) is 11.3 Å². The molecule has 15 heavy (non-hydrogen) atoms. The molecule has 4 heteroatoms. The van der Waals surface area contributed by atoms with Crippen LogP contribution < -0.4 is 0 Å². The Labute approximate surface area is 106 Å². The van der Waals surface area contributed by atoms with Crippen LogP contribution in [0.3, 0.4) is 0 Å². The average Bonchev–Trinajstić information content (AvgIpc) is 2.66. The average molecular weight is 306 g/mol. The zero-order valence-corrected chi connectivity index (χ0v) is 11.2. The smallest absolute Gasteiger partial charge is 0.175 e. The molecule has 0 N–H and O–H groups in total. The first-order valence-electron chi connectivity index (χ1n) is 5.14. The minimum Gasteiger partial charge on any atom is -0.293 e. The summed E-state index contributed by atoms with van der Waals surface area (Å²) in [5, 5.41) is 0.659. The van der Waals surface area contributed by atoms with Crippen molar-refractivity contribution in [3.05, 3.63) is 19.8 Å². The van der Waals surface area contributed by atoms with E-state index in [-0.39, 0.29) is 5.92 Å². The van der Waals surface area contributed by atoms with Crippen LogP contribution in [-0.2, 0) is 0 Å². The van der Waals surface area contributed by atoms with E-state index >= 15 is 0 Å². The lowest BCUT2D eigenvalue weighted by Crippen LogP contribution is -2.11. The van der Waals surface area contributed by atoms with Gasteiger partial charge in [-0.25, -0.2) is 0 Å². The van der Waals surface area contributed by atoms with E-state index in [1.165, 1.54) is 17.8 Å². The maximum Gasteiger partial charge on any atom is 0.175 e. The fourth-order valence-electron chi connectivity index (χ4n) is 2.60. The molecular weight excluding hydrogens is 296 g/mol. The lowest BCUT2D eigenvalue weighted by atomic mass is 9.97. The fraction of sp³-hybridized carbons (Fsp3) is 0.545. The first-order valence-corrected chi connectivity index (χ1v) is 7.13. The summed E-state index contributed by atoms with van der Waals surface area (Å²) >= 11 is 10.7. The van der Waals surface area contributed by atoms with E-state index in [0.717, 1.165) is 33.3 Å². The van der Waals surface area contributed by atoms with Gasteiger partial charge in [0.05, 0.1) is 13.7 Å². The molecule has 80 valence electrons. The van der Waals surface area contributed by atoms with Gasteiger partial charge in [0.15, 0.2) is 5.78 Å². The number of carbonyl (C=O) groups is 1. The SMILES string of the molecule is O=C(c1cc(Cl)c(Br)s1)C1CC2CC2C1. The molecule has 1 aromatic heterocycles. The Morgan fingerprint density at radius 2 is 2.07 bits per heavy atom. The zero-order valence-electron chi connectivity index (χ0n) is 8.00. The number of rotatable bonds is 2. The number of halogens is 2. The maximum absolute atomic E-state index is 12.1. The quantitative estimate of drug-likeness (QED) is 0.741. The molecule has 2 fully saturated rings. The van der Waals surface area contributed by atoms with E-state index in [1.807, 2.05) is 0 Å². The summed E-state index contributed by atoms with van der Waals surface area (Å²) in [4.78, 5) is 12.9. The van der Waals surface area contributed by atoms with Gasteiger partial charge in [-0.2, -0.15) is 0 Å². The summed E-state index contributed by atoms with van der Waals surface area (Å²) in [6.07, 6.45) is 3.58. The van der Waals surface area contributed by atoms with Gasteiger partial charge in [0, 0.05) is 5.92 Å². The molecule has 0 saturated heterocycles. The number of ketones is 1. The molecule has 0 aliphatic heterocycles. The van der Waals surface area contributed by atoms with Crippen LogP contribution in [-0.4, -0.2) is 5.78 Å². The molecular formula is C11H10BrClOS. The molecule has 2 atom stereocenters. The molecule has 0 bridgehead atoms. The van der Waals surface area contributed by atoms with E-state index in [0.29, 0.717) is 10.8 Å². The molecule has 2 aliphatic carbocycles. The highest BCUT2D eigenvalue weighted by atomic mass is 79.9.